The number of hydrogen-bond donors (Lipinski definition) is 1. The lowest BCUT2D eigenvalue weighted by Crippen LogP contribution is -2.29. The van der Waals surface area contributed by atoms with E-state index in [0.717, 1.165) is 0 Å². The third-order valence-electron chi connectivity index (χ3n) is 2.79. The number of ether oxygens (including phenoxy) is 2. The fourth-order valence-electron chi connectivity index (χ4n) is 1.68. The van der Waals surface area contributed by atoms with E-state index >= 15 is 0 Å². The quantitative estimate of drug-likeness (QED) is 0.795. The number of nitrogens with one attached hydrogen (secondary N) is 1. The zero-order chi connectivity index (χ0) is 17.7. The van der Waals surface area contributed by atoms with Gasteiger partial charge in [-0.25, -0.2) is 4.79 Å². The van der Waals surface area contributed by atoms with Crippen LogP contribution in [0.15, 0.2) is 41.0 Å². The van der Waals surface area contributed by atoms with E-state index < -0.39 is 24.6 Å². The highest BCUT2D eigenvalue weighted by Crippen LogP contribution is 2.29. The second-order valence-electron chi connectivity index (χ2n) is 4.54. The van der Waals surface area contributed by atoms with Gasteiger partial charge in [0.25, 0.3) is 5.91 Å². The summed E-state index contributed by atoms with van der Waals surface area (Å²) in [5.41, 5.74) is 0.229. The average Bonchev–Trinajstić information content (AvgIpc) is 3.04. The molecule has 1 heterocycles. The Morgan fingerprint density at radius 2 is 2.04 bits per heavy atom. The van der Waals surface area contributed by atoms with Crippen molar-refractivity contribution in [1.29, 1.82) is 0 Å². The van der Waals surface area contributed by atoms with Gasteiger partial charge in [-0.3, -0.25) is 4.79 Å². The Labute approximate surface area is 140 Å². The maximum absolute atomic E-state index is 12.1. The fraction of sp³-hybridized carbons (Fsp3) is 0.200. The molecule has 0 spiro atoms. The highest BCUT2D eigenvalue weighted by molar-refractivity contribution is 6.32. The SMILES string of the molecule is C[C@H](OC(=O)c1ccco1)C(=O)Nc1ccc(OC(F)F)c(Cl)c1. The van der Waals surface area contributed by atoms with Gasteiger partial charge in [-0.05, 0) is 37.3 Å². The molecule has 0 aliphatic rings. The molecule has 24 heavy (non-hydrogen) atoms. The highest BCUT2D eigenvalue weighted by Gasteiger charge is 2.21. The predicted octanol–water partition coefficient (Wildman–Crippen LogP) is 3.72. The van der Waals surface area contributed by atoms with E-state index in [1.54, 1.807) is 0 Å². The molecule has 9 heteroatoms. The summed E-state index contributed by atoms with van der Waals surface area (Å²) in [6.07, 6.45) is 0.185. The average molecular weight is 360 g/mol. The van der Waals surface area contributed by atoms with Gasteiger partial charge in [0.05, 0.1) is 11.3 Å². The molecule has 0 fully saturated rings. The lowest BCUT2D eigenvalue weighted by molar-refractivity contribution is -0.123. The van der Waals surface area contributed by atoms with Crippen LogP contribution in [-0.2, 0) is 9.53 Å². The molecule has 0 radical (unpaired) electrons. The second-order valence-corrected chi connectivity index (χ2v) is 4.94. The Kier molecular flexibility index (Phi) is 5.75. The number of carbonyl (C=O) groups is 2. The molecular formula is C15H12ClF2NO5. The first-order valence-electron chi connectivity index (χ1n) is 6.66. The van der Waals surface area contributed by atoms with Crippen LogP contribution >= 0.6 is 11.6 Å². The fourth-order valence-corrected chi connectivity index (χ4v) is 1.91. The number of carbonyl (C=O) groups excluding carboxylic acids is 2. The topological polar surface area (TPSA) is 77.8 Å². The van der Waals surface area contributed by atoms with E-state index in [1.165, 1.54) is 43.5 Å². The van der Waals surface area contributed by atoms with Crippen molar-refractivity contribution in [3.05, 3.63) is 47.4 Å². The molecule has 0 saturated heterocycles. The number of anilines is 1. The van der Waals surface area contributed by atoms with Gasteiger partial charge < -0.3 is 19.2 Å². The maximum Gasteiger partial charge on any atom is 0.387 e. The van der Waals surface area contributed by atoms with Gasteiger partial charge in [-0.15, -0.1) is 0 Å². The number of esters is 1. The molecule has 0 aliphatic heterocycles. The molecule has 128 valence electrons. The molecule has 0 aliphatic carbocycles. The maximum atomic E-state index is 12.1. The van der Waals surface area contributed by atoms with Crippen molar-refractivity contribution in [2.24, 2.45) is 0 Å². The number of rotatable bonds is 6. The number of alkyl halides is 2. The minimum absolute atomic E-state index is 0.0359. The van der Waals surface area contributed by atoms with Crippen LogP contribution in [0.3, 0.4) is 0 Å². The predicted molar refractivity (Wildman–Crippen MR) is 80.3 cm³/mol. The van der Waals surface area contributed by atoms with Crippen molar-refractivity contribution in [3.63, 3.8) is 0 Å². The van der Waals surface area contributed by atoms with Crippen LogP contribution in [0, 0.1) is 0 Å². The van der Waals surface area contributed by atoms with Crippen molar-refractivity contribution >= 4 is 29.2 Å². The zero-order valence-corrected chi connectivity index (χ0v) is 13.0. The van der Waals surface area contributed by atoms with E-state index in [9.17, 15) is 18.4 Å². The molecule has 2 aromatic rings. The number of furan rings is 1. The van der Waals surface area contributed by atoms with Crippen LogP contribution in [0.2, 0.25) is 5.02 Å². The Morgan fingerprint density at radius 3 is 2.62 bits per heavy atom. The van der Waals surface area contributed by atoms with Gasteiger partial charge in [0.1, 0.15) is 5.75 Å². The number of hydrogen-bond acceptors (Lipinski definition) is 5. The van der Waals surface area contributed by atoms with Gasteiger partial charge in [0, 0.05) is 5.69 Å². The standard InChI is InChI=1S/C15H12ClF2NO5/c1-8(23-14(21)12-3-2-6-22-12)13(20)19-9-4-5-11(10(16)7-9)24-15(17)18/h2-8,15H,1H3,(H,19,20)/t8-/m0/s1. The third kappa shape index (κ3) is 4.69. The lowest BCUT2D eigenvalue weighted by Gasteiger charge is -2.13. The Morgan fingerprint density at radius 1 is 1.29 bits per heavy atom. The largest absolute Gasteiger partial charge is 0.457 e. The molecule has 6 nitrogen and oxygen atoms in total. The first-order chi connectivity index (χ1) is 11.4. The van der Waals surface area contributed by atoms with E-state index in [0.29, 0.717) is 0 Å². The number of halogens is 3. The summed E-state index contributed by atoms with van der Waals surface area (Å²) >= 11 is 5.78. The van der Waals surface area contributed by atoms with Gasteiger partial charge in [-0.1, -0.05) is 11.6 Å². The minimum atomic E-state index is -3.01. The van der Waals surface area contributed by atoms with Crippen LogP contribution in [0.25, 0.3) is 0 Å². The Hall–Kier alpha value is -2.61. The van der Waals surface area contributed by atoms with Gasteiger partial charge in [0.15, 0.2) is 6.10 Å². The van der Waals surface area contributed by atoms with E-state index in [-0.39, 0.29) is 22.2 Å². The number of benzene rings is 1. The Balaban J connectivity index is 1.96. The summed E-state index contributed by atoms with van der Waals surface area (Å²) in [6.45, 7) is -1.64. The monoisotopic (exact) mass is 359 g/mol. The molecule has 1 amide bonds. The first kappa shape index (κ1) is 17.7. The van der Waals surface area contributed by atoms with Gasteiger partial charge >= 0.3 is 12.6 Å². The van der Waals surface area contributed by atoms with Gasteiger partial charge in [0.2, 0.25) is 5.76 Å². The molecule has 2 rings (SSSR count). The summed E-state index contributed by atoms with van der Waals surface area (Å²) in [5.74, 6) is -1.68. The summed E-state index contributed by atoms with van der Waals surface area (Å²) in [4.78, 5) is 23.6. The van der Waals surface area contributed by atoms with E-state index in [4.69, 9.17) is 20.8 Å². The lowest BCUT2D eigenvalue weighted by atomic mass is 10.2. The van der Waals surface area contributed by atoms with Crippen molar-refractivity contribution in [3.8, 4) is 5.75 Å². The molecule has 0 bridgehead atoms. The Bertz CT molecular complexity index is 721. The highest BCUT2D eigenvalue weighted by atomic mass is 35.5. The van der Waals surface area contributed by atoms with Crippen LogP contribution in [0.4, 0.5) is 14.5 Å². The van der Waals surface area contributed by atoms with Crippen LogP contribution in [-0.4, -0.2) is 24.6 Å². The summed E-state index contributed by atoms with van der Waals surface area (Å²) in [5, 5.41) is 2.34. The molecular weight excluding hydrogens is 348 g/mol. The van der Waals surface area contributed by atoms with E-state index in [2.05, 4.69) is 10.1 Å². The zero-order valence-electron chi connectivity index (χ0n) is 12.3. The van der Waals surface area contributed by atoms with Crippen LogP contribution < -0.4 is 10.1 Å². The first-order valence-corrected chi connectivity index (χ1v) is 7.04. The molecule has 0 saturated carbocycles. The smallest absolute Gasteiger partial charge is 0.387 e. The summed E-state index contributed by atoms with van der Waals surface area (Å²) in [6, 6.07) is 6.64. The molecule has 1 aromatic carbocycles. The van der Waals surface area contributed by atoms with Gasteiger partial charge in [-0.2, -0.15) is 8.78 Å². The van der Waals surface area contributed by atoms with Crippen molar-refractivity contribution in [2.45, 2.75) is 19.6 Å². The van der Waals surface area contributed by atoms with Crippen molar-refractivity contribution < 1.29 is 32.3 Å². The van der Waals surface area contributed by atoms with Crippen LogP contribution in [0.5, 0.6) is 5.75 Å². The number of amides is 1. The molecule has 1 atom stereocenters. The normalized spacial score (nSPS) is 11.9. The van der Waals surface area contributed by atoms with Crippen LogP contribution in [0.1, 0.15) is 17.5 Å². The second kappa shape index (κ2) is 7.78. The van der Waals surface area contributed by atoms with E-state index in [1.807, 2.05) is 0 Å². The molecule has 1 N–H and O–H groups in total. The minimum Gasteiger partial charge on any atom is -0.457 e. The summed E-state index contributed by atoms with van der Waals surface area (Å²) < 4.78 is 38.3. The van der Waals surface area contributed by atoms with Crippen molar-refractivity contribution in [2.75, 3.05) is 5.32 Å². The van der Waals surface area contributed by atoms with Crippen molar-refractivity contribution in [1.82, 2.24) is 0 Å². The third-order valence-corrected chi connectivity index (χ3v) is 3.09. The molecule has 0 unspecified atom stereocenters. The molecule has 1 aromatic heterocycles. The summed E-state index contributed by atoms with van der Waals surface area (Å²) in [7, 11) is 0.